The molecule has 1 aliphatic rings. The number of rotatable bonds is 3. The van der Waals surface area contributed by atoms with Crippen molar-refractivity contribution in [2.75, 3.05) is 6.26 Å². The van der Waals surface area contributed by atoms with Gasteiger partial charge in [0.15, 0.2) is 5.82 Å². The van der Waals surface area contributed by atoms with Gasteiger partial charge in [-0.2, -0.15) is 0 Å². The molecule has 1 aliphatic carbocycles. The molecule has 17 heavy (non-hydrogen) atoms. The third-order valence-electron chi connectivity index (χ3n) is 2.65. The van der Waals surface area contributed by atoms with Crippen LogP contribution in [0.3, 0.4) is 0 Å². The molecule has 0 spiro atoms. The molecule has 0 radical (unpaired) electrons. The van der Waals surface area contributed by atoms with Gasteiger partial charge in [-0.3, -0.25) is 4.57 Å². The van der Waals surface area contributed by atoms with E-state index in [0.717, 1.165) is 17.7 Å². The molecule has 0 saturated heterocycles. The highest BCUT2D eigenvalue weighted by Crippen LogP contribution is 2.40. The second-order valence-electron chi connectivity index (χ2n) is 4.16. The summed E-state index contributed by atoms with van der Waals surface area (Å²) in [5.74, 6) is 0.669. The van der Waals surface area contributed by atoms with Crippen LogP contribution in [0.25, 0.3) is 10.7 Å². The van der Waals surface area contributed by atoms with Crippen molar-refractivity contribution in [3.63, 3.8) is 0 Å². The Morgan fingerprint density at radius 3 is 2.71 bits per heavy atom. The SMILES string of the molecule is CS(=O)(=O)c1nnc(-c2cccs2)n1C1CC1. The number of sulfone groups is 1. The number of aromatic nitrogens is 3. The molecule has 1 fully saturated rings. The minimum absolute atomic E-state index is 0.0865. The lowest BCUT2D eigenvalue weighted by molar-refractivity contribution is 0.571. The molecular weight excluding hydrogens is 258 g/mol. The standard InChI is InChI=1S/C10H11N3O2S2/c1-17(14,15)10-12-11-9(8-3-2-6-16-8)13(10)7-4-5-7/h2-3,6-7H,4-5H2,1H3. The second kappa shape index (κ2) is 3.64. The highest BCUT2D eigenvalue weighted by atomic mass is 32.2. The maximum Gasteiger partial charge on any atom is 0.249 e. The van der Waals surface area contributed by atoms with Crippen LogP contribution in [-0.4, -0.2) is 29.4 Å². The molecule has 0 atom stereocenters. The van der Waals surface area contributed by atoms with E-state index in [1.807, 2.05) is 17.5 Å². The fourth-order valence-electron chi connectivity index (χ4n) is 1.77. The van der Waals surface area contributed by atoms with E-state index in [0.29, 0.717) is 5.82 Å². The fourth-order valence-corrected chi connectivity index (χ4v) is 3.25. The molecule has 7 heteroatoms. The van der Waals surface area contributed by atoms with Gasteiger partial charge in [-0.05, 0) is 24.3 Å². The van der Waals surface area contributed by atoms with Gasteiger partial charge < -0.3 is 0 Å². The Morgan fingerprint density at radius 1 is 1.41 bits per heavy atom. The first-order chi connectivity index (χ1) is 8.07. The van der Waals surface area contributed by atoms with Crippen LogP contribution in [0, 0.1) is 0 Å². The normalized spacial score (nSPS) is 16.3. The maximum atomic E-state index is 11.6. The molecule has 90 valence electrons. The van der Waals surface area contributed by atoms with E-state index in [9.17, 15) is 8.42 Å². The monoisotopic (exact) mass is 269 g/mol. The summed E-state index contributed by atoms with van der Waals surface area (Å²) in [5, 5.41) is 9.90. The van der Waals surface area contributed by atoms with Crippen molar-refractivity contribution in [3.05, 3.63) is 17.5 Å². The second-order valence-corrected chi connectivity index (χ2v) is 7.01. The average Bonchev–Trinajstić information content (AvgIpc) is 2.81. The van der Waals surface area contributed by atoms with Crippen molar-refractivity contribution in [2.45, 2.75) is 24.0 Å². The van der Waals surface area contributed by atoms with E-state index in [4.69, 9.17) is 0 Å². The number of hydrogen-bond acceptors (Lipinski definition) is 5. The Kier molecular flexibility index (Phi) is 2.34. The zero-order valence-electron chi connectivity index (χ0n) is 9.20. The summed E-state index contributed by atoms with van der Waals surface area (Å²) in [6.45, 7) is 0. The van der Waals surface area contributed by atoms with Crippen molar-refractivity contribution < 1.29 is 8.42 Å². The van der Waals surface area contributed by atoms with Crippen LogP contribution in [-0.2, 0) is 9.84 Å². The van der Waals surface area contributed by atoms with Gasteiger partial charge in [-0.1, -0.05) is 6.07 Å². The number of nitrogens with zero attached hydrogens (tertiary/aromatic N) is 3. The van der Waals surface area contributed by atoms with Crippen LogP contribution >= 0.6 is 11.3 Å². The Morgan fingerprint density at radius 2 is 2.18 bits per heavy atom. The zero-order chi connectivity index (χ0) is 12.0. The minimum Gasteiger partial charge on any atom is -0.294 e. The van der Waals surface area contributed by atoms with Crippen LogP contribution in [0.1, 0.15) is 18.9 Å². The fraction of sp³-hybridized carbons (Fsp3) is 0.400. The molecule has 2 heterocycles. The van der Waals surface area contributed by atoms with Crippen molar-refractivity contribution in [3.8, 4) is 10.7 Å². The first kappa shape index (κ1) is 10.9. The third-order valence-corrected chi connectivity index (χ3v) is 4.46. The van der Waals surface area contributed by atoms with Crippen LogP contribution in [0.4, 0.5) is 0 Å². The topological polar surface area (TPSA) is 64.8 Å². The van der Waals surface area contributed by atoms with E-state index in [1.165, 1.54) is 6.26 Å². The molecule has 5 nitrogen and oxygen atoms in total. The van der Waals surface area contributed by atoms with E-state index in [-0.39, 0.29) is 11.2 Å². The highest BCUT2D eigenvalue weighted by molar-refractivity contribution is 7.90. The van der Waals surface area contributed by atoms with Crippen molar-refractivity contribution in [1.82, 2.24) is 14.8 Å². The summed E-state index contributed by atoms with van der Waals surface area (Å²) in [5.41, 5.74) is 0. The van der Waals surface area contributed by atoms with Gasteiger partial charge in [0.2, 0.25) is 15.0 Å². The highest BCUT2D eigenvalue weighted by Gasteiger charge is 2.33. The number of hydrogen-bond donors (Lipinski definition) is 0. The van der Waals surface area contributed by atoms with E-state index < -0.39 is 9.84 Å². The predicted molar refractivity (Wildman–Crippen MR) is 64.7 cm³/mol. The van der Waals surface area contributed by atoms with Gasteiger partial charge in [0.05, 0.1) is 4.88 Å². The lowest BCUT2D eigenvalue weighted by Crippen LogP contribution is -2.08. The van der Waals surface area contributed by atoms with Crippen molar-refractivity contribution >= 4 is 21.2 Å². The van der Waals surface area contributed by atoms with Crippen LogP contribution in [0.2, 0.25) is 0 Å². The zero-order valence-corrected chi connectivity index (χ0v) is 10.8. The number of thiophene rings is 1. The van der Waals surface area contributed by atoms with Gasteiger partial charge in [-0.25, -0.2) is 8.42 Å². The minimum atomic E-state index is -3.31. The molecule has 0 bridgehead atoms. The molecule has 0 amide bonds. The average molecular weight is 269 g/mol. The molecule has 0 unspecified atom stereocenters. The first-order valence-corrected chi connectivity index (χ1v) is 8.03. The Balaban J connectivity index is 2.21. The van der Waals surface area contributed by atoms with E-state index in [1.54, 1.807) is 15.9 Å². The van der Waals surface area contributed by atoms with Gasteiger partial charge >= 0.3 is 0 Å². The van der Waals surface area contributed by atoms with Gasteiger partial charge in [0.1, 0.15) is 0 Å². The Hall–Kier alpha value is -1.21. The largest absolute Gasteiger partial charge is 0.294 e. The van der Waals surface area contributed by atoms with Crippen LogP contribution in [0.5, 0.6) is 0 Å². The summed E-state index contributed by atoms with van der Waals surface area (Å²) >= 11 is 1.54. The quantitative estimate of drug-likeness (QED) is 0.851. The molecule has 0 aromatic carbocycles. The summed E-state index contributed by atoms with van der Waals surface area (Å²) in [7, 11) is -3.31. The maximum absolute atomic E-state index is 11.6. The van der Waals surface area contributed by atoms with Gasteiger partial charge in [-0.15, -0.1) is 21.5 Å². The van der Waals surface area contributed by atoms with Crippen molar-refractivity contribution in [2.24, 2.45) is 0 Å². The summed E-state index contributed by atoms with van der Waals surface area (Å²) in [4.78, 5) is 0.958. The van der Waals surface area contributed by atoms with E-state index >= 15 is 0 Å². The lowest BCUT2D eigenvalue weighted by atomic mass is 10.4. The third kappa shape index (κ3) is 1.89. The van der Waals surface area contributed by atoms with Crippen LogP contribution in [0.15, 0.2) is 22.7 Å². The van der Waals surface area contributed by atoms with Gasteiger partial charge in [0, 0.05) is 12.3 Å². The molecule has 2 aromatic rings. The summed E-state index contributed by atoms with van der Waals surface area (Å²) in [6.07, 6.45) is 3.17. The van der Waals surface area contributed by atoms with Crippen LogP contribution < -0.4 is 0 Å². The summed E-state index contributed by atoms with van der Waals surface area (Å²) < 4.78 is 25.1. The smallest absolute Gasteiger partial charge is 0.249 e. The molecule has 3 rings (SSSR count). The Labute approximate surface area is 103 Å². The predicted octanol–water partition coefficient (Wildman–Crippen LogP) is 1.74. The first-order valence-electron chi connectivity index (χ1n) is 5.26. The van der Waals surface area contributed by atoms with E-state index in [2.05, 4.69) is 10.2 Å². The molecule has 0 N–H and O–H groups in total. The lowest BCUT2D eigenvalue weighted by Gasteiger charge is -2.05. The molecule has 0 aliphatic heterocycles. The Bertz CT molecular complexity index is 639. The molecule has 2 aromatic heterocycles. The van der Waals surface area contributed by atoms with Crippen molar-refractivity contribution in [1.29, 1.82) is 0 Å². The summed E-state index contributed by atoms with van der Waals surface area (Å²) in [6, 6.07) is 4.10. The van der Waals surface area contributed by atoms with Gasteiger partial charge in [0.25, 0.3) is 0 Å². The molecular formula is C10H11N3O2S2. The molecule has 1 saturated carbocycles.